The molecule has 0 aromatic heterocycles. The molecule has 1 amide bonds. The monoisotopic (exact) mass is 292 g/mol. The number of anilines is 3. The summed E-state index contributed by atoms with van der Waals surface area (Å²) in [6.07, 6.45) is 1.24. The van der Waals surface area contributed by atoms with Crippen molar-refractivity contribution in [2.24, 2.45) is 0 Å². The van der Waals surface area contributed by atoms with Gasteiger partial charge in [0.05, 0.1) is 24.2 Å². The molecule has 1 aromatic rings. The maximum absolute atomic E-state index is 11.6. The van der Waals surface area contributed by atoms with E-state index in [9.17, 15) is 4.79 Å². The molecule has 0 aliphatic carbocycles. The third-order valence-electron chi connectivity index (χ3n) is 2.93. The van der Waals surface area contributed by atoms with Crippen LogP contribution in [0.5, 0.6) is 5.75 Å². The second kappa shape index (κ2) is 8.16. The van der Waals surface area contributed by atoms with Gasteiger partial charge >= 0.3 is 0 Å². The van der Waals surface area contributed by atoms with Gasteiger partial charge in [-0.05, 0) is 26.2 Å². The minimum absolute atomic E-state index is 0.252. The Morgan fingerprint density at radius 1 is 1.33 bits per heavy atom. The van der Waals surface area contributed by atoms with E-state index in [4.69, 9.17) is 4.74 Å². The zero-order chi connectivity index (χ0) is 15.8. The highest BCUT2D eigenvalue weighted by Crippen LogP contribution is 2.34. The molecule has 116 valence electrons. The van der Waals surface area contributed by atoms with Gasteiger partial charge in [0, 0.05) is 26.2 Å². The lowest BCUT2D eigenvalue weighted by Crippen LogP contribution is -2.21. The van der Waals surface area contributed by atoms with Gasteiger partial charge in [-0.25, -0.2) is 0 Å². The van der Waals surface area contributed by atoms with Gasteiger partial charge in [0.15, 0.2) is 0 Å². The fourth-order valence-electron chi connectivity index (χ4n) is 1.79. The third-order valence-corrected chi connectivity index (χ3v) is 2.93. The average molecular weight is 292 g/mol. The van der Waals surface area contributed by atoms with Crippen LogP contribution in [-0.2, 0) is 4.79 Å². The summed E-state index contributed by atoms with van der Waals surface area (Å²) in [5.74, 6) is 0.458. The van der Waals surface area contributed by atoms with Crippen molar-refractivity contribution in [2.75, 3.05) is 57.3 Å². The molecule has 0 heterocycles. The predicted octanol–water partition coefficient (Wildman–Crippen LogP) is 1.83. The van der Waals surface area contributed by atoms with Gasteiger partial charge in [-0.15, -0.1) is 0 Å². The Bertz CT molecular complexity index is 501. The molecular weight excluding hydrogens is 268 g/mol. The lowest BCUT2D eigenvalue weighted by molar-refractivity contribution is -0.111. The molecule has 6 nitrogen and oxygen atoms in total. The van der Waals surface area contributed by atoms with Crippen molar-refractivity contribution >= 4 is 23.0 Å². The minimum atomic E-state index is -0.252. The summed E-state index contributed by atoms with van der Waals surface area (Å²) >= 11 is 0. The molecule has 0 bridgehead atoms. The first kappa shape index (κ1) is 16.8. The smallest absolute Gasteiger partial charge is 0.247 e. The molecule has 0 saturated carbocycles. The van der Waals surface area contributed by atoms with Crippen LogP contribution in [0.15, 0.2) is 24.8 Å². The van der Waals surface area contributed by atoms with Crippen LogP contribution in [0.1, 0.15) is 0 Å². The summed E-state index contributed by atoms with van der Waals surface area (Å²) in [7, 11) is 7.43. The minimum Gasteiger partial charge on any atom is -0.495 e. The Kier molecular flexibility index (Phi) is 6.55. The van der Waals surface area contributed by atoms with Crippen LogP contribution in [0.2, 0.25) is 0 Å². The first-order valence-electron chi connectivity index (χ1n) is 6.73. The molecule has 1 aromatic carbocycles. The van der Waals surface area contributed by atoms with E-state index < -0.39 is 0 Å². The van der Waals surface area contributed by atoms with E-state index in [-0.39, 0.29) is 5.91 Å². The van der Waals surface area contributed by atoms with Gasteiger partial charge in [-0.1, -0.05) is 6.58 Å². The number of rotatable bonds is 8. The van der Waals surface area contributed by atoms with Gasteiger partial charge in [0.1, 0.15) is 5.75 Å². The van der Waals surface area contributed by atoms with Crippen LogP contribution in [-0.4, -0.2) is 52.1 Å². The van der Waals surface area contributed by atoms with Crippen LogP contribution >= 0.6 is 0 Å². The fraction of sp³-hybridized carbons (Fsp3) is 0.400. The van der Waals surface area contributed by atoms with E-state index in [1.165, 1.54) is 6.08 Å². The van der Waals surface area contributed by atoms with Crippen molar-refractivity contribution in [3.05, 3.63) is 24.8 Å². The van der Waals surface area contributed by atoms with Gasteiger partial charge in [0.25, 0.3) is 0 Å². The van der Waals surface area contributed by atoms with E-state index in [1.54, 1.807) is 14.2 Å². The average Bonchev–Trinajstić information content (AvgIpc) is 2.47. The highest BCUT2D eigenvalue weighted by atomic mass is 16.5. The third kappa shape index (κ3) is 5.00. The number of hydrogen-bond acceptors (Lipinski definition) is 5. The van der Waals surface area contributed by atoms with Gasteiger partial charge < -0.3 is 25.6 Å². The normalized spacial score (nSPS) is 10.1. The van der Waals surface area contributed by atoms with Crippen LogP contribution in [0.3, 0.4) is 0 Å². The topological polar surface area (TPSA) is 65.6 Å². The predicted molar refractivity (Wildman–Crippen MR) is 88.4 cm³/mol. The van der Waals surface area contributed by atoms with E-state index in [0.717, 1.165) is 24.5 Å². The van der Waals surface area contributed by atoms with Crippen LogP contribution in [0.4, 0.5) is 17.1 Å². The van der Waals surface area contributed by atoms with Crippen molar-refractivity contribution in [1.29, 1.82) is 0 Å². The lowest BCUT2D eigenvalue weighted by atomic mass is 10.2. The second-order valence-corrected chi connectivity index (χ2v) is 4.77. The summed E-state index contributed by atoms with van der Waals surface area (Å²) in [4.78, 5) is 13.6. The number of nitrogens with one attached hydrogen (secondary N) is 3. The Balaban J connectivity index is 3.04. The summed E-state index contributed by atoms with van der Waals surface area (Å²) < 4.78 is 5.34. The van der Waals surface area contributed by atoms with E-state index >= 15 is 0 Å². The molecule has 0 aliphatic rings. The number of hydrogen-bond donors (Lipinski definition) is 3. The van der Waals surface area contributed by atoms with E-state index in [0.29, 0.717) is 11.4 Å². The highest BCUT2D eigenvalue weighted by Gasteiger charge is 2.11. The molecule has 21 heavy (non-hydrogen) atoms. The number of likely N-dealkylation sites (N-methyl/N-ethyl adjacent to an activating group) is 1. The number of carbonyl (C=O) groups is 1. The van der Waals surface area contributed by atoms with Gasteiger partial charge in [0.2, 0.25) is 5.91 Å². The maximum Gasteiger partial charge on any atom is 0.247 e. The quantitative estimate of drug-likeness (QED) is 0.638. The summed E-state index contributed by atoms with van der Waals surface area (Å²) in [6.45, 7) is 5.10. The molecule has 0 fully saturated rings. The highest BCUT2D eigenvalue weighted by molar-refractivity contribution is 6.02. The molecule has 0 spiro atoms. The van der Waals surface area contributed by atoms with Crippen molar-refractivity contribution in [3.8, 4) is 5.75 Å². The first-order chi connectivity index (χ1) is 10.0. The SMILES string of the molecule is C=CC(=O)Nc1cc(NC)c(OC)cc1NCCN(C)C. The molecule has 3 N–H and O–H groups in total. The Morgan fingerprint density at radius 3 is 2.57 bits per heavy atom. The number of nitrogens with zero attached hydrogens (tertiary/aromatic N) is 1. The van der Waals surface area contributed by atoms with E-state index in [1.807, 2.05) is 26.2 Å². The molecule has 0 radical (unpaired) electrons. The maximum atomic E-state index is 11.6. The zero-order valence-corrected chi connectivity index (χ0v) is 13.1. The number of ether oxygens (including phenoxy) is 1. The molecule has 1 rings (SSSR count). The number of benzene rings is 1. The zero-order valence-electron chi connectivity index (χ0n) is 13.1. The molecule has 6 heteroatoms. The van der Waals surface area contributed by atoms with E-state index in [2.05, 4.69) is 27.4 Å². The van der Waals surface area contributed by atoms with Crippen LogP contribution in [0, 0.1) is 0 Å². The molecule has 0 aliphatic heterocycles. The van der Waals surface area contributed by atoms with Crippen LogP contribution < -0.4 is 20.7 Å². The largest absolute Gasteiger partial charge is 0.495 e. The number of carbonyl (C=O) groups excluding carboxylic acids is 1. The van der Waals surface area contributed by atoms with Gasteiger partial charge in [-0.3, -0.25) is 4.79 Å². The fourth-order valence-corrected chi connectivity index (χ4v) is 1.79. The van der Waals surface area contributed by atoms with Crippen molar-refractivity contribution < 1.29 is 9.53 Å². The van der Waals surface area contributed by atoms with Crippen LogP contribution in [0.25, 0.3) is 0 Å². The molecule has 0 atom stereocenters. The summed E-state index contributed by atoms with van der Waals surface area (Å²) in [5.41, 5.74) is 2.29. The molecular formula is C15H24N4O2. The number of methoxy groups -OCH3 is 1. The molecule has 0 unspecified atom stereocenters. The molecule has 0 saturated heterocycles. The van der Waals surface area contributed by atoms with Gasteiger partial charge in [-0.2, -0.15) is 0 Å². The summed E-state index contributed by atoms with van der Waals surface area (Å²) in [6, 6.07) is 3.69. The van der Waals surface area contributed by atoms with Crippen molar-refractivity contribution in [3.63, 3.8) is 0 Å². The Morgan fingerprint density at radius 2 is 2.05 bits per heavy atom. The lowest BCUT2D eigenvalue weighted by Gasteiger charge is -2.18. The standard InChI is InChI=1S/C15H24N4O2/c1-6-15(20)18-12-9-13(16-2)14(21-5)10-11(12)17-7-8-19(3)4/h6,9-10,16-17H,1,7-8H2,2-5H3,(H,18,20). The second-order valence-electron chi connectivity index (χ2n) is 4.77. The summed E-state index contributed by atoms with van der Waals surface area (Å²) in [5, 5.41) is 9.14. The Hall–Kier alpha value is -2.21. The number of amides is 1. The Labute approximate surface area is 126 Å². The van der Waals surface area contributed by atoms with Crippen molar-refractivity contribution in [1.82, 2.24) is 4.90 Å². The first-order valence-corrected chi connectivity index (χ1v) is 6.73. The van der Waals surface area contributed by atoms with Crippen molar-refractivity contribution in [2.45, 2.75) is 0 Å².